The molecule has 0 aromatic rings. The minimum Gasteiger partial charge on any atom is -0.383 e. The number of nitrogens with one attached hydrogen (secondary N) is 1. The number of rotatable bonds is 5. The average Bonchev–Trinajstić information content (AvgIpc) is 2.02. The first-order chi connectivity index (χ1) is 6.25. The Balaban J connectivity index is 4.50. The summed E-state index contributed by atoms with van der Waals surface area (Å²) in [6.07, 6.45) is -4.72. The van der Waals surface area contributed by atoms with Gasteiger partial charge in [-0.05, 0) is 6.92 Å². The highest BCUT2D eigenvalue weighted by atomic mass is 19.4. The molecular formula is C7H13F3N2O2. The van der Waals surface area contributed by atoms with E-state index in [-0.39, 0.29) is 13.2 Å². The van der Waals surface area contributed by atoms with Crippen LogP contribution in [0, 0.1) is 0 Å². The van der Waals surface area contributed by atoms with Gasteiger partial charge in [-0.25, -0.2) is 0 Å². The number of alkyl halides is 3. The Morgan fingerprint density at radius 3 is 2.29 bits per heavy atom. The maximum atomic E-state index is 12.4. The second-order valence-electron chi connectivity index (χ2n) is 2.91. The van der Waals surface area contributed by atoms with E-state index < -0.39 is 17.6 Å². The van der Waals surface area contributed by atoms with Gasteiger partial charge in [-0.15, -0.1) is 0 Å². The molecule has 0 aliphatic rings. The molecule has 1 atom stereocenters. The van der Waals surface area contributed by atoms with Gasteiger partial charge in [0.15, 0.2) is 5.54 Å². The first-order valence-corrected chi connectivity index (χ1v) is 3.86. The van der Waals surface area contributed by atoms with Crippen LogP contribution in [0.4, 0.5) is 13.2 Å². The van der Waals surface area contributed by atoms with Gasteiger partial charge in [-0.2, -0.15) is 13.2 Å². The van der Waals surface area contributed by atoms with E-state index in [1.54, 1.807) is 0 Å². The minimum absolute atomic E-state index is 0.0684. The van der Waals surface area contributed by atoms with E-state index in [0.717, 1.165) is 0 Å². The predicted molar refractivity (Wildman–Crippen MR) is 43.5 cm³/mol. The third kappa shape index (κ3) is 2.85. The number of primary amides is 1. The van der Waals surface area contributed by atoms with E-state index in [1.807, 2.05) is 5.32 Å². The zero-order valence-electron chi connectivity index (χ0n) is 7.94. The number of methoxy groups -OCH3 is 1. The van der Waals surface area contributed by atoms with Gasteiger partial charge in [0.25, 0.3) is 0 Å². The number of ether oxygens (including phenoxy) is 1. The third-order valence-electron chi connectivity index (χ3n) is 1.84. The normalized spacial score (nSPS) is 16.4. The van der Waals surface area contributed by atoms with Crippen LogP contribution in [0.15, 0.2) is 0 Å². The molecule has 4 nitrogen and oxygen atoms in total. The molecule has 0 rings (SSSR count). The van der Waals surface area contributed by atoms with Gasteiger partial charge in [0, 0.05) is 13.7 Å². The highest BCUT2D eigenvalue weighted by Gasteiger charge is 2.55. The average molecular weight is 214 g/mol. The van der Waals surface area contributed by atoms with Gasteiger partial charge in [0.05, 0.1) is 6.61 Å². The maximum absolute atomic E-state index is 12.4. The van der Waals surface area contributed by atoms with Crippen molar-refractivity contribution in [2.24, 2.45) is 5.73 Å². The highest BCUT2D eigenvalue weighted by Crippen LogP contribution is 2.29. The first kappa shape index (κ1) is 13.2. The second kappa shape index (κ2) is 4.61. The number of halogens is 3. The zero-order valence-corrected chi connectivity index (χ0v) is 7.94. The fourth-order valence-electron chi connectivity index (χ4n) is 0.730. The fourth-order valence-corrected chi connectivity index (χ4v) is 0.730. The summed E-state index contributed by atoms with van der Waals surface area (Å²) in [5.74, 6) is -1.46. The van der Waals surface area contributed by atoms with Crippen molar-refractivity contribution in [1.82, 2.24) is 5.32 Å². The van der Waals surface area contributed by atoms with E-state index in [4.69, 9.17) is 0 Å². The number of amides is 1. The molecule has 3 N–H and O–H groups in total. The molecule has 0 heterocycles. The lowest BCUT2D eigenvalue weighted by atomic mass is 10.0. The third-order valence-corrected chi connectivity index (χ3v) is 1.84. The van der Waals surface area contributed by atoms with Crippen LogP contribution in [0.2, 0.25) is 0 Å². The smallest absolute Gasteiger partial charge is 0.383 e. The summed E-state index contributed by atoms with van der Waals surface area (Å²) in [4.78, 5) is 10.7. The summed E-state index contributed by atoms with van der Waals surface area (Å²) in [5, 5.41) is 2.01. The summed E-state index contributed by atoms with van der Waals surface area (Å²) < 4.78 is 41.7. The predicted octanol–water partition coefficient (Wildman–Crippen LogP) is 0.0287. The summed E-state index contributed by atoms with van der Waals surface area (Å²) in [7, 11) is 1.34. The van der Waals surface area contributed by atoms with Gasteiger partial charge in [-0.3, -0.25) is 10.1 Å². The van der Waals surface area contributed by atoms with Crippen molar-refractivity contribution in [2.75, 3.05) is 20.3 Å². The Morgan fingerprint density at radius 2 is 2.00 bits per heavy atom. The standard InChI is InChI=1S/C7H13F3N2O2/c1-6(5(11)13,7(8,9)10)12-3-4-14-2/h12H,3-4H2,1-2H3,(H2,11,13). The number of hydrogen-bond acceptors (Lipinski definition) is 3. The molecule has 0 aliphatic heterocycles. The summed E-state index contributed by atoms with van der Waals surface area (Å²) in [5.41, 5.74) is 1.97. The zero-order chi connectivity index (χ0) is 11.4. The molecule has 0 aliphatic carbocycles. The molecule has 0 spiro atoms. The van der Waals surface area contributed by atoms with E-state index >= 15 is 0 Å². The monoisotopic (exact) mass is 214 g/mol. The second-order valence-corrected chi connectivity index (χ2v) is 2.91. The Bertz CT molecular complexity index is 208. The van der Waals surface area contributed by atoms with E-state index in [9.17, 15) is 18.0 Å². The number of carbonyl (C=O) groups excluding carboxylic acids is 1. The van der Waals surface area contributed by atoms with Crippen molar-refractivity contribution in [3.05, 3.63) is 0 Å². The van der Waals surface area contributed by atoms with E-state index in [2.05, 4.69) is 10.5 Å². The van der Waals surface area contributed by atoms with Crippen LogP contribution in [0.5, 0.6) is 0 Å². The first-order valence-electron chi connectivity index (χ1n) is 3.86. The topological polar surface area (TPSA) is 64.3 Å². The van der Waals surface area contributed by atoms with Crippen LogP contribution in [0.3, 0.4) is 0 Å². The number of carbonyl (C=O) groups is 1. The van der Waals surface area contributed by atoms with Crippen LogP contribution in [0.25, 0.3) is 0 Å². The lowest BCUT2D eigenvalue weighted by Gasteiger charge is -2.29. The van der Waals surface area contributed by atoms with Crippen molar-refractivity contribution in [3.63, 3.8) is 0 Å². The molecule has 0 aromatic heterocycles. The van der Waals surface area contributed by atoms with Crippen LogP contribution in [-0.2, 0) is 9.53 Å². The van der Waals surface area contributed by atoms with Crippen molar-refractivity contribution < 1.29 is 22.7 Å². The summed E-state index contributed by atoms with van der Waals surface area (Å²) in [6, 6.07) is 0. The van der Waals surface area contributed by atoms with Gasteiger partial charge in [0.1, 0.15) is 0 Å². The number of hydrogen-bond donors (Lipinski definition) is 2. The van der Waals surface area contributed by atoms with Crippen molar-refractivity contribution in [3.8, 4) is 0 Å². The summed E-state index contributed by atoms with van der Waals surface area (Å²) in [6.45, 7) is 0.666. The lowest BCUT2D eigenvalue weighted by molar-refractivity contribution is -0.194. The molecule has 0 saturated heterocycles. The molecule has 0 radical (unpaired) electrons. The molecular weight excluding hydrogens is 201 g/mol. The fraction of sp³-hybridized carbons (Fsp3) is 0.857. The van der Waals surface area contributed by atoms with Crippen LogP contribution in [-0.4, -0.2) is 37.9 Å². The molecule has 84 valence electrons. The molecule has 7 heteroatoms. The molecule has 0 fully saturated rings. The molecule has 0 aromatic carbocycles. The van der Waals surface area contributed by atoms with Gasteiger partial charge < -0.3 is 10.5 Å². The molecule has 0 bridgehead atoms. The Labute approximate surface area is 79.6 Å². The maximum Gasteiger partial charge on any atom is 0.415 e. The van der Waals surface area contributed by atoms with Crippen molar-refractivity contribution >= 4 is 5.91 Å². The van der Waals surface area contributed by atoms with Crippen LogP contribution < -0.4 is 11.1 Å². The number of nitrogens with two attached hydrogens (primary N) is 1. The van der Waals surface area contributed by atoms with Gasteiger partial charge >= 0.3 is 6.18 Å². The Hall–Kier alpha value is -0.820. The molecule has 1 unspecified atom stereocenters. The van der Waals surface area contributed by atoms with Gasteiger partial charge in [-0.1, -0.05) is 0 Å². The Morgan fingerprint density at radius 1 is 1.50 bits per heavy atom. The highest BCUT2D eigenvalue weighted by molar-refractivity contribution is 5.85. The SMILES string of the molecule is COCCNC(C)(C(N)=O)C(F)(F)F. The minimum atomic E-state index is -4.72. The van der Waals surface area contributed by atoms with E-state index in [1.165, 1.54) is 7.11 Å². The molecule has 1 amide bonds. The largest absolute Gasteiger partial charge is 0.415 e. The van der Waals surface area contributed by atoms with Gasteiger partial charge in [0.2, 0.25) is 5.91 Å². The van der Waals surface area contributed by atoms with Crippen LogP contribution >= 0.6 is 0 Å². The summed E-state index contributed by atoms with van der Waals surface area (Å²) >= 11 is 0. The van der Waals surface area contributed by atoms with Crippen LogP contribution in [0.1, 0.15) is 6.92 Å². The molecule has 14 heavy (non-hydrogen) atoms. The molecule has 0 saturated carbocycles. The quantitative estimate of drug-likeness (QED) is 0.634. The van der Waals surface area contributed by atoms with E-state index in [0.29, 0.717) is 6.92 Å². The van der Waals surface area contributed by atoms with Crippen molar-refractivity contribution in [1.29, 1.82) is 0 Å². The Kier molecular flexibility index (Phi) is 4.34. The van der Waals surface area contributed by atoms with Crippen molar-refractivity contribution in [2.45, 2.75) is 18.6 Å². The lowest BCUT2D eigenvalue weighted by Crippen LogP contribution is -2.63.